The number of unbranched alkanes of at least 4 members (excludes halogenated alkanes) is 4. The van der Waals surface area contributed by atoms with Gasteiger partial charge in [0.25, 0.3) is 5.91 Å². The summed E-state index contributed by atoms with van der Waals surface area (Å²) >= 11 is 0. The van der Waals surface area contributed by atoms with E-state index in [-0.39, 0.29) is 47.3 Å². The Morgan fingerprint density at radius 3 is 2.21 bits per heavy atom. The lowest BCUT2D eigenvalue weighted by Crippen LogP contribution is -2.52. The summed E-state index contributed by atoms with van der Waals surface area (Å²) in [5.74, 6) is 1.42. The molecule has 1 saturated heterocycles. The minimum absolute atomic E-state index is 0.0214. The largest absolute Gasteiger partial charge is 0.497 e. The number of nitrogens with two attached hydrogens (primary N) is 2. The molecule has 3 aromatic heterocycles. The van der Waals surface area contributed by atoms with E-state index in [0.29, 0.717) is 125 Å². The second-order valence-corrected chi connectivity index (χ2v) is 23.5. The van der Waals surface area contributed by atoms with Crippen LogP contribution >= 0.6 is 0 Å². The predicted molar refractivity (Wildman–Crippen MR) is 318 cm³/mol. The number of aryl methyl sites for hydroxylation is 3. The molecule has 4 aromatic rings. The molecule has 1 aromatic carbocycles. The summed E-state index contributed by atoms with van der Waals surface area (Å²) in [5.41, 5.74) is 15.0. The van der Waals surface area contributed by atoms with E-state index in [4.69, 9.17) is 25.9 Å². The number of aromatic nitrogens is 5. The van der Waals surface area contributed by atoms with Crippen molar-refractivity contribution in [2.24, 2.45) is 28.7 Å². The van der Waals surface area contributed by atoms with E-state index in [1.54, 1.807) is 13.3 Å². The van der Waals surface area contributed by atoms with Crippen LogP contribution in [-0.2, 0) is 32.1 Å². The molecular weight excluding hydrogens is 1040 g/mol. The molecular formula is C61H94N13O8+. The Kier molecular flexibility index (Phi) is 25.8. The fourth-order valence-electron chi connectivity index (χ4n) is 10.8. The zero-order valence-corrected chi connectivity index (χ0v) is 49.5. The number of amides is 4. The summed E-state index contributed by atoms with van der Waals surface area (Å²) < 4.78 is 14.3. The fourth-order valence-corrected chi connectivity index (χ4v) is 10.8. The summed E-state index contributed by atoms with van der Waals surface area (Å²) in [7, 11) is 3.65. The monoisotopic (exact) mass is 1140 g/mol. The minimum Gasteiger partial charge on any atom is -0.497 e. The summed E-state index contributed by atoms with van der Waals surface area (Å²) in [6.07, 6.45) is 15.9. The maximum absolute atomic E-state index is 15.0. The van der Waals surface area contributed by atoms with E-state index in [1.807, 2.05) is 78.3 Å². The number of rotatable bonds is 38. The number of piperidine rings is 1. The Balaban J connectivity index is 0.923. The van der Waals surface area contributed by atoms with Gasteiger partial charge in [-0.3, -0.25) is 33.6 Å². The molecule has 4 amide bonds. The minimum atomic E-state index is -0.787. The van der Waals surface area contributed by atoms with Gasteiger partial charge in [0.1, 0.15) is 11.6 Å². The SMILES string of the molecule is COc1ccc(C(=O)N(CC(C)(C)CCCCCCn2cc(CCCCC(=O)NCC[N+](C)(CCC(=O)NCCN)CCC(=O)NCCN)nn2)c2cccc(C)n2)c(N2CCC(COc3cc([C@@H](CC(=O)O)C4CC4)ccn3)CC2)c1. The first-order valence-corrected chi connectivity index (χ1v) is 29.9. The van der Waals surface area contributed by atoms with Crippen molar-refractivity contribution in [3.05, 3.63) is 83.4 Å². The molecule has 21 heteroatoms. The Bertz CT molecular complexity index is 2630. The molecule has 21 nitrogen and oxygen atoms in total. The highest BCUT2D eigenvalue weighted by molar-refractivity contribution is 6.09. The van der Waals surface area contributed by atoms with E-state index in [2.05, 4.69) is 50.0 Å². The topological polar surface area (TPSA) is 275 Å². The Morgan fingerprint density at radius 1 is 0.841 bits per heavy atom. The van der Waals surface area contributed by atoms with Gasteiger partial charge < -0.3 is 51.4 Å². The number of nitrogens with zero attached hydrogens (tertiary/aromatic N) is 8. The van der Waals surface area contributed by atoms with E-state index < -0.39 is 5.97 Å². The van der Waals surface area contributed by atoms with Crippen LogP contribution in [0, 0.1) is 24.2 Å². The Morgan fingerprint density at radius 2 is 1.54 bits per heavy atom. The molecule has 1 aliphatic carbocycles. The van der Waals surface area contributed by atoms with Crippen molar-refractivity contribution in [2.75, 3.05) is 103 Å². The molecule has 1 aliphatic heterocycles. The van der Waals surface area contributed by atoms with Crippen molar-refractivity contribution < 1.29 is 43.0 Å². The highest BCUT2D eigenvalue weighted by atomic mass is 16.5. The van der Waals surface area contributed by atoms with Crippen molar-refractivity contribution in [3.63, 3.8) is 0 Å². The number of carboxylic acid groups (broad SMARTS) is 1. The number of carbonyl (C=O) groups is 5. The average molecular weight is 1140 g/mol. The standard InChI is InChI=1S/C61H93N13O8/c1-45-13-12-15-54(68-45)73(60(80)51-20-19-50(81-5)40-53(51)71-34-22-46(23-35-71)43-82-58-39-48(21-29-67-58)52(41-59(78)79)47-17-18-47)44-61(2,3)26-10-6-7-11-33-72-42-49(69-70-72)14-8-9-16-55(75)66-32-38-74(4,36-24-56(76)64-30-27-62)37-25-57(77)65-31-28-63/h12-13,15,19-21,29,39-40,42,46-47,52H,6-11,14,16-18,22-28,30-38,41,43-44,62-63H2,1-5H3,(H3-,64,65,66,75,76,77,78,79)/p+1/t52-/m0/s1. The third-order valence-electron chi connectivity index (χ3n) is 15.9. The number of likely N-dealkylation sites (N-methyl/N-ethyl adjacent to an activating group) is 1. The maximum Gasteiger partial charge on any atom is 0.303 e. The average Bonchev–Trinajstić information content (AvgIpc) is 4.09. The van der Waals surface area contributed by atoms with E-state index in [9.17, 15) is 24.3 Å². The van der Waals surface area contributed by atoms with Crippen LogP contribution in [0.2, 0.25) is 0 Å². The third-order valence-corrected chi connectivity index (χ3v) is 15.9. The molecule has 2 fully saturated rings. The van der Waals surface area contributed by atoms with Gasteiger partial charge in [0.2, 0.25) is 23.6 Å². The quantitative estimate of drug-likeness (QED) is 0.0216. The lowest BCUT2D eigenvalue weighted by molar-refractivity contribution is -0.907. The van der Waals surface area contributed by atoms with Crippen molar-refractivity contribution in [2.45, 2.75) is 136 Å². The smallest absolute Gasteiger partial charge is 0.303 e. The van der Waals surface area contributed by atoms with Gasteiger partial charge in [0.05, 0.1) is 83.2 Å². The first kappa shape index (κ1) is 64.5. The molecule has 0 radical (unpaired) electrons. The number of hydrogen-bond donors (Lipinski definition) is 6. The molecule has 0 spiro atoms. The molecule has 0 unspecified atom stereocenters. The Hall–Kier alpha value is -6.71. The number of aliphatic carboxylic acids is 1. The zero-order valence-electron chi connectivity index (χ0n) is 49.5. The summed E-state index contributed by atoms with van der Waals surface area (Å²) in [5, 5.41) is 26.9. The second kappa shape index (κ2) is 32.8. The van der Waals surface area contributed by atoms with Gasteiger partial charge in [-0.25, -0.2) is 9.97 Å². The van der Waals surface area contributed by atoms with Crippen molar-refractivity contribution >= 4 is 41.1 Å². The number of ether oxygens (including phenoxy) is 2. The molecule has 6 rings (SSSR count). The molecule has 8 N–H and O–H groups in total. The van der Waals surface area contributed by atoms with Crippen molar-refractivity contribution in [1.29, 1.82) is 0 Å². The first-order valence-electron chi connectivity index (χ1n) is 29.9. The maximum atomic E-state index is 15.0. The number of anilines is 2. The van der Waals surface area contributed by atoms with Crippen LogP contribution in [0.15, 0.2) is 60.9 Å². The first-order chi connectivity index (χ1) is 39.5. The lowest BCUT2D eigenvalue weighted by Gasteiger charge is -2.36. The van der Waals surface area contributed by atoms with Crippen LogP contribution < -0.4 is 46.7 Å². The predicted octanol–water partition coefficient (Wildman–Crippen LogP) is 6.18. The highest BCUT2D eigenvalue weighted by Gasteiger charge is 2.35. The fraction of sp³-hybridized carbons (Fsp3) is 0.623. The van der Waals surface area contributed by atoms with Crippen LogP contribution in [0.3, 0.4) is 0 Å². The van der Waals surface area contributed by atoms with Crippen LogP contribution in [0.5, 0.6) is 11.6 Å². The number of quaternary nitrogens is 1. The number of benzene rings is 1. The van der Waals surface area contributed by atoms with Crippen molar-refractivity contribution in [1.82, 2.24) is 40.9 Å². The third kappa shape index (κ3) is 21.9. The van der Waals surface area contributed by atoms with Crippen LogP contribution in [0.1, 0.15) is 143 Å². The molecule has 1 saturated carbocycles. The summed E-state index contributed by atoms with van der Waals surface area (Å²) in [6.45, 7) is 13.3. The van der Waals surface area contributed by atoms with Crippen LogP contribution in [-0.4, -0.2) is 157 Å². The number of methoxy groups -OCH3 is 1. The van der Waals surface area contributed by atoms with Gasteiger partial charge in [-0.2, -0.15) is 0 Å². The zero-order chi connectivity index (χ0) is 58.9. The normalized spacial score (nSPS) is 14.3. The second-order valence-electron chi connectivity index (χ2n) is 23.5. The summed E-state index contributed by atoms with van der Waals surface area (Å²) in [4.78, 5) is 77.5. The molecule has 0 bridgehead atoms. The van der Waals surface area contributed by atoms with Gasteiger partial charge in [0.15, 0.2) is 0 Å². The highest BCUT2D eigenvalue weighted by Crippen LogP contribution is 2.45. The van der Waals surface area contributed by atoms with Gasteiger partial charge in [-0.05, 0) is 124 Å². The van der Waals surface area contributed by atoms with Gasteiger partial charge in [-0.15, -0.1) is 5.10 Å². The molecule has 82 heavy (non-hydrogen) atoms. The van der Waals surface area contributed by atoms with E-state index >= 15 is 4.79 Å². The lowest BCUT2D eigenvalue weighted by atomic mass is 9.86. The number of hydrogen-bond acceptors (Lipinski definition) is 14. The van der Waals surface area contributed by atoms with Gasteiger partial charge >= 0.3 is 5.97 Å². The summed E-state index contributed by atoms with van der Waals surface area (Å²) in [6, 6.07) is 15.4. The van der Waals surface area contributed by atoms with E-state index in [0.717, 1.165) is 113 Å². The molecule has 1 atom stereocenters. The number of carbonyl (C=O) groups excluding carboxylic acids is 4. The molecule has 450 valence electrons. The molecule has 2 aliphatic rings. The molecule has 4 heterocycles. The van der Waals surface area contributed by atoms with Gasteiger partial charge in [0, 0.05) is 89.0 Å². The van der Waals surface area contributed by atoms with Gasteiger partial charge in [-0.1, -0.05) is 44.4 Å². The van der Waals surface area contributed by atoms with Crippen molar-refractivity contribution in [3.8, 4) is 11.6 Å². The number of carboxylic acids is 1. The van der Waals surface area contributed by atoms with Crippen LogP contribution in [0.25, 0.3) is 0 Å². The number of nitrogens with one attached hydrogen (secondary N) is 3. The van der Waals surface area contributed by atoms with E-state index in [1.165, 1.54) is 0 Å². The van der Waals surface area contributed by atoms with Crippen LogP contribution in [0.4, 0.5) is 11.5 Å². The Labute approximate surface area is 485 Å². The number of pyridine rings is 2.